The first-order valence-corrected chi connectivity index (χ1v) is 8.38. The largest absolute Gasteiger partial charge is 0.374 e. The smallest absolute Gasteiger partial charge is 0.0770 e. The van der Waals surface area contributed by atoms with Gasteiger partial charge in [-0.15, -0.1) is 0 Å². The van der Waals surface area contributed by atoms with Crippen LogP contribution in [0.25, 0.3) is 5.57 Å². The van der Waals surface area contributed by atoms with Crippen molar-refractivity contribution in [1.29, 1.82) is 0 Å². The monoisotopic (exact) mass is 313 g/mol. The molecule has 3 aromatic carbocycles. The van der Waals surface area contributed by atoms with Gasteiger partial charge >= 0.3 is 0 Å². The molecule has 0 radical (unpaired) electrons. The molecule has 1 nitrogen and oxygen atoms in total. The van der Waals surface area contributed by atoms with Crippen molar-refractivity contribution >= 4 is 11.3 Å². The lowest BCUT2D eigenvalue weighted by Crippen LogP contribution is -2.13. The minimum Gasteiger partial charge on any atom is -0.374 e. The zero-order chi connectivity index (χ0) is 16.8. The zero-order valence-corrected chi connectivity index (χ0v) is 14.2. The zero-order valence-electron chi connectivity index (χ0n) is 14.2. The summed E-state index contributed by atoms with van der Waals surface area (Å²) >= 11 is 0. The molecule has 120 valence electrons. The Hall–Kier alpha value is -2.80. The summed E-state index contributed by atoms with van der Waals surface area (Å²) in [5.41, 5.74) is 6.26. The van der Waals surface area contributed by atoms with E-state index in [1.54, 1.807) is 0 Å². The quantitative estimate of drug-likeness (QED) is 0.587. The Kier molecular flexibility index (Phi) is 5.12. The highest BCUT2D eigenvalue weighted by molar-refractivity contribution is 5.76. The third kappa shape index (κ3) is 3.57. The van der Waals surface area contributed by atoms with E-state index in [0.717, 1.165) is 5.69 Å². The summed E-state index contributed by atoms with van der Waals surface area (Å²) in [4.78, 5) is 0. The minimum atomic E-state index is 0.111. The van der Waals surface area contributed by atoms with Crippen LogP contribution in [0.4, 0.5) is 5.69 Å². The highest BCUT2D eigenvalue weighted by atomic mass is 14.9. The number of benzene rings is 3. The predicted octanol–water partition coefficient (Wildman–Crippen LogP) is 6.25. The highest BCUT2D eigenvalue weighted by Gasteiger charge is 2.18. The average molecular weight is 313 g/mol. The van der Waals surface area contributed by atoms with Crippen molar-refractivity contribution in [2.24, 2.45) is 0 Å². The molecule has 0 bridgehead atoms. The molecule has 0 spiro atoms. The Balaban J connectivity index is 2.05. The summed E-state index contributed by atoms with van der Waals surface area (Å²) < 4.78 is 0. The SMILES string of the molecule is C/C=C(\c1ccccc1C)C(Nc1ccccc1)c1ccccc1. The first-order valence-electron chi connectivity index (χ1n) is 8.38. The van der Waals surface area contributed by atoms with Gasteiger partial charge in [-0.1, -0.05) is 78.9 Å². The molecule has 3 rings (SSSR count). The molecule has 0 amide bonds. The Morgan fingerprint density at radius 1 is 0.792 bits per heavy atom. The standard InChI is InChI=1S/C23H23N/c1-3-21(22-17-11-10-12-18(22)2)23(19-13-6-4-7-14-19)24-20-15-8-5-9-16-20/h3-17,23-24H,1-2H3/b21-3+. The van der Waals surface area contributed by atoms with Gasteiger partial charge in [0.25, 0.3) is 0 Å². The molecule has 24 heavy (non-hydrogen) atoms. The third-order valence-electron chi connectivity index (χ3n) is 4.30. The van der Waals surface area contributed by atoms with Gasteiger partial charge in [0.15, 0.2) is 0 Å². The molecule has 3 aromatic rings. The molecule has 1 unspecified atom stereocenters. The highest BCUT2D eigenvalue weighted by Crippen LogP contribution is 2.34. The number of anilines is 1. The van der Waals surface area contributed by atoms with E-state index < -0.39 is 0 Å². The van der Waals surface area contributed by atoms with Gasteiger partial charge in [0.2, 0.25) is 0 Å². The van der Waals surface area contributed by atoms with Crippen LogP contribution in [-0.4, -0.2) is 0 Å². The molecule has 0 saturated heterocycles. The van der Waals surface area contributed by atoms with E-state index in [2.05, 4.69) is 104 Å². The third-order valence-corrected chi connectivity index (χ3v) is 4.30. The van der Waals surface area contributed by atoms with Gasteiger partial charge in [-0.3, -0.25) is 0 Å². The summed E-state index contributed by atoms with van der Waals surface area (Å²) in [5, 5.41) is 3.70. The molecule has 0 saturated carbocycles. The van der Waals surface area contributed by atoms with Gasteiger partial charge in [-0.25, -0.2) is 0 Å². The maximum absolute atomic E-state index is 3.70. The van der Waals surface area contributed by atoms with Crippen molar-refractivity contribution < 1.29 is 0 Å². The van der Waals surface area contributed by atoms with E-state index in [1.807, 2.05) is 6.07 Å². The fourth-order valence-corrected chi connectivity index (χ4v) is 3.06. The van der Waals surface area contributed by atoms with Gasteiger partial charge in [0, 0.05) is 5.69 Å². The number of rotatable bonds is 5. The molecule has 1 heteroatoms. The lowest BCUT2D eigenvalue weighted by molar-refractivity contribution is 1.000. The molecule has 0 aromatic heterocycles. The van der Waals surface area contributed by atoms with E-state index in [-0.39, 0.29) is 6.04 Å². The lowest BCUT2D eigenvalue weighted by atomic mass is 9.90. The number of allylic oxidation sites excluding steroid dienone is 1. The first kappa shape index (κ1) is 16.1. The Labute approximate surface area is 144 Å². The van der Waals surface area contributed by atoms with Gasteiger partial charge in [-0.2, -0.15) is 0 Å². The number of aryl methyl sites for hydroxylation is 1. The predicted molar refractivity (Wildman–Crippen MR) is 104 cm³/mol. The van der Waals surface area contributed by atoms with Crippen LogP contribution in [0.1, 0.15) is 29.7 Å². The van der Waals surface area contributed by atoms with Gasteiger partial charge < -0.3 is 5.32 Å². The van der Waals surface area contributed by atoms with E-state index in [0.29, 0.717) is 0 Å². The summed E-state index contributed by atoms with van der Waals surface area (Å²) in [6.07, 6.45) is 2.22. The van der Waals surface area contributed by atoms with Gasteiger partial charge in [-0.05, 0) is 48.2 Å². The number of hydrogen-bond acceptors (Lipinski definition) is 1. The van der Waals surface area contributed by atoms with Gasteiger partial charge in [0.1, 0.15) is 0 Å². The van der Waals surface area contributed by atoms with E-state index in [4.69, 9.17) is 0 Å². The molecule has 0 aliphatic carbocycles. The van der Waals surface area contributed by atoms with E-state index in [9.17, 15) is 0 Å². The lowest BCUT2D eigenvalue weighted by Gasteiger charge is -2.25. The van der Waals surface area contributed by atoms with Crippen LogP contribution in [-0.2, 0) is 0 Å². The second-order valence-electron chi connectivity index (χ2n) is 5.91. The van der Waals surface area contributed by atoms with Crippen molar-refractivity contribution in [2.45, 2.75) is 19.9 Å². The minimum absolute atomic E-state index is 0.111. The van der Waals surface area contributed by atoms with Crippen LogP contribution in [0.5, 0.6) is 0 Å². The molecule has 0 fully saturated rings. The topological polar surface area (TPSA) is 12.0 Å². The van der Waals surface area contributed by atoms with Crippen LogP contribution in [0, 0.1) is 6.92 Å². The van der Waals surface area contributed by atoms with Gasteiger partial charge in [0.05, 0.1) is 6.04 Å². The Morgan fingerprint density at radius 3 is 2.00 bits per heavy atom. The van der Waals surface area contributed by atoms with Crippen LogP contribution in [0.15, 0.2) is 91.0 Å². The average Bonchev–Trinajstić information content (AvgIpc) is 2.64. The maximum Gasteiger partial charge on any atom is 0.0770 e. The maximum atomic E-state index is 3.70. The molecular weight excluding hydrogens is 290 g/mol. The first-order chi connectivity index (χ1) is 11.8. The van der Waals surface area contributed by atoms with Crippen molar-refractivity contribution in [3.05, 3.63) is 108 Å². The van der Waals surface area contributed by atoms with Crippen molar-refractivity contribution in [3.63, 3.8) is 0 Å². The van der Waals surface area contributed by atoms with Crippen LogP contribution < -0.4 is 5.32 Å². The Bertz CT molecular complexity index is 804. The van der Waals surface area contributed by atoms with Crippen molar-refractivity contribution in [2.75, 3.05) is 5.32 Å². The Morgan fingerprint density at radius 2 is 1.38 bits per heavy atom. The normalized spacial score (nSPS) is 12.7. The number of para-hydroxylation sites is 1. The molecule has 1 atom stereocenters. The van der Waals surface area contributed by atoms with Crippen LogP contribution >= 0.6 is 0 Å². The fraction of sp³-hybridized carbons (Fsp3) is 0.130. The molecule has 0 heterocycles. The molecule has 0 aliphatic heterocycles. The fourth-order valence-electron chi connectivity index (χ4n) is 3.06. The molecule has 0 aliphatic rings. The van der Waals surface area contributed by atoms with E-state index >= 15 is 0 Å². The number of nitrogens with one attached hydrogen (secondary N) is 1. The van der Waals surface area contributed by atoms with E-state index in [1.165, 1.54) is 22.3 Å². The second-order valence-corrected chi connectivity index (χ2v) is 5.91. The van der Waals surface area contributed by atoms with Crippen LogP contribution in [0.2, 0.25) is 0 Å². The molecule has 1 N–H and O–H groups in total. The summed E-state index contributed by atoms with van der Waals surface area (Å²) in [6, 6.07) is 29.7. The second kappa shape index (κ2) is 7.65. The molecular formula is C23H23N. The van der Waals surface area contributed by atoms with Crippen molar-refractivity contribution in [3.8, 4) is 0 Å². The summed E-state index contributed by atoms with van der Waals surface area (Å²) in [7, 11) is 0. The number of hydrogen-bond donors (Lipinski definition) is 1. The van der Waals surface area contributed by atoms with Crippen LogP contribution in [0.3, 0.4) is 0 Å². The summed E-state index contributed by atoms with van der Waals surface area (Å²) in [6.45, 7) is 4.29. The van der Waals surface area contributed by atoms with Crippen molar-refractivity contribution in [1.82, 2.24) is 0 Å². The summed E-state index contributed by atoms with van der Waals surface area (Å²) in [5.74, 6) is 0.